The van der Waals surface area contributed by atoms with Gasteiger partial charge in [0.2, 0.25) is 0 Å². The summed E-state index contributed by atoms with van der Waals surface area (Å²) >= 11 is 1.64. The molecule has 0 bridgehead atoms. The van der Waals surface area contributed by atoms with Gasteiger partial charge in [0.15, 0.2) is 5.13 Å². The van der Waals surface area contributed by atoms with Gasteiger partial charge in [-0.05, 0) is 35.2 Å². The van der Waals surface area contributed by atoms with E-state index < -0.39 is 0 Å². The number of hydrogen-bond acceptors (Lipinski definition) is 6. The van der Waals surface area contributed by atoms with Crippen LogP contribution in [0.25, 0.3) is 21.3 Å². The molecule has 0 spiro atoms. The largest absolute Gasteiger partial charge is 0.463 e. The fourth-order valence-electron chi connectivity index (χ4n) is 2.62. The van der Waals surface area contributed by atoms with Crippen LogP contribution < -0.4 is 10.1 Å². The zero-order valence-electron chi connectivity index (χ0n) is 16.1. The van der Waals surface area contributed by atoms with E-state index in [0.717, 1.165) is 27.5 Å². The maximum atomic E-state index is 5.63. The van der Waals surface area contributed by atoms with Gasteiger partial charge < -0.3 is 10.1 Å². The molecule has 28 heavy (non-hydrogen) atoms. The van der Waals surface area contributed by atoms with Crippen molar-refractivity contribution in [1.29, 1.82) is 0 Å². The number of anilines is 2. The van der Waals surface area contributed by atoms with E-state index in [2.05, 4.69) is 47.1 Å². The lowest BCUT2D eigenvalue weighted by Gasteiger charge is -2.17. The van der Waals surface area contributed by atoms with E-state index in [-0.39, 0.29) is 5.41 Å². The van der Waals surface area contributed by atoms with E-state index in [0.29, 0.717) is 12.6 Å². The van der Waals surface area contributed by atoms with Crippen molar-refractivity contribution in [2.45, 2.75) is 20.8 Å². The Morgan fingerprint density at radius 2 is 1.64 bits per heavy atom. The quantitative estimate of drug-likeness (QED) is 0.458. The molecule has 0 saturated heterocycles. The van der Waals surface area contributed by atoms with E-state index in [9.17, 15) is 0 Å². The first-order valence-corrected chi connectivity index (χ1v) is 9.96. The zero-order chi connectivity index (χ0) is 19.6. The molecule has 2 aromatic carbocycles. The number of para-hydroxylation sites is 1. The van der Waals surface area contributed by atoms with Crippen LogP contribution in [0.15, 0.2) is 60.9 Å². The summed E-state index contributed by atoms with van der Waals surface area (Å²) in [6, 6.07) is 16.7. The van der Waals surface area contributed by atoms with Gasteiger partial charge in [0, 0.05) is 23.6 Å². The van der Waals surface area contributed by atoms with E-state index >= 15 is 0 Å². The molecule has 4 rings (SSSR count). The van der Waals surface area contributed by atoms with Crippen molar-refractivity contribution < 1.29 is 4.74 Å². The highest BCUT2D eigenvalue weighted by atomic mass is 32.1. The minimum absolute atomic E-state index is 0.0775. The van der Waals surface area contributed by atoms with Crippen LogP contribution in [0, 0.1) is 5.41 Å². The minimum Gasteiger partial charge on any atom is -0.463 e. The van der Waals surface area contributed by atoms with Crippen LogP contribution in [0.3, 0.4) is 0 Å². The summed E-state index contributed by atoms with van der Waals surface area (Å²) in [7, 11) is 0. The maximum Gasteiger partial charge on any atom is 0.316 e. The summed E-state index contributed by atoms with van der Waals surface area (Å²) in [5.41, 5.74) is 4.09. The van der Waals surface area contributed by atoms with E-state index in [1.54, 1.807) is 23.7 Å². The number of benzene rings is 2. The summed E-state index contributed by atoms with van der Waals surface area (Å²) < 4.78 is 6.81. The lowest BCUT2D eigenvalue weighted by Crippen LogP contribution is -2.17. The first-order chi connectivity index (χ1) is 13.5. The van der Waals surface area contributed by atoms with Crippen molar-refractivity contribution in [3.05, 3.63) is 60.9 Å². The van der Waals surface area contributed by atoms with Gasteiger partial charge in [-0.2, -0.15) is 0 Å². The smallest absolute Gasteiger partial charge is 0.316 e. The van der Waals surface area contributed by atoms with Crippen molar-refractivity contribution in [3.8, 4) is 17.1 Å². The second-order valence-electron chi connectivity index (χ2n) is 7.79. The van der Waals surface area contributed by atoms with Gasteiger partial charge >= 0.3 is 6.01 Å². The molecule has 0 radical (unpaired) electrons. The highest BCUT2D eigenvalue weighted by molar-refractivity contribution is 7.22. The molecule has 4 aromatic rings. The molecule has 6 heteroatoms. The molecule has 0 aliphatic heterocycles. The SMILES string of the molecule is CC(C)(C)COc1ncc(-c2ccc(Nc3nc4ccccc4s3)cc2)cn1. The minimum atomic E-state index is 0.0775. The van der Waals surface area contributed by atoms with Crippen LogP contribution in [0.2, 0.25) is 0 Å². The fourth-order valence-corrected chi connectivity index (χ4v) is 3.50. The Kier molecular flexibility index (Phi) is 4.96. The van der Waals surface area contributed by atoms with Crippen molar-refractivity contribution in [1.82, 2.24) is 15.0 Å². The third kappa shape index (κ3) is 4.46. The van der Waals surface area contributed by atoms with Crippen LogP contribution in [0.5, 0.6) is 6.01 Å². The van der Waals surface area contributed by atoms with Crippen LogP contribution in [0.4, 0.5) is 10.8 Å². The average molecular weight is 391 g/mol. The number of aromatic nitrogens is 3. The van der Waals surface area contributed by atoms with Crippen molar-refractivity contribution in [3.63, 3.8) is 0 Å². The standard InChI is InChI=1S/C22H22N4OS/c1-22(2,3)14-27-20-23-12-16(13-24-20)15-8-10-17(11-9-15)25-21-26-18-6-4-5-7-19(18)28-21/h4-13H,14H2,1-3H3,(H,25,26). The third-order valence-electron chi connectivity index (χ3n) is 4.03. The molecule has 2 heterocycles. The number of nitrogens with one attached hydrogen (secondary N) is 1. The molecule has 2 aromatic heterocycles. The summed E-state index contributed by atoms with van der Waals surface area (Å²) in [5, 5.41) is 4.25. The van der Waals surface area contributed by atoms with Gasteiger partial charge in [-0.3, -0.25) is 0 Å². The van der Waals surface area contributed by atoms with E-state index in [4.69, 9.17) is 4.74 Å². The molecule has 0 unspecified atom stereocenters. The number of hydrogen-bond donors (Lipinski definition) is 1. The Balaban J connectivity index is 1.44. The Bertz CT molecular complexity index is 1030. The monoisotopic (exact) mass is 390 g/mol. The summed E-state index contributed by atoms with van der Waals surface area (Å²) in [6.45, 7) is 6.93. The average Bonchev–Trinajstić information content (AvgIpc) is 3.09. The topological polar surface area (TPSA) is 59.9 Å². The number of thiazole rings is 1. The highest BCUT2D eigenvalue weighted by Crippen LogP contribution is 2.29. The summed E-state index contributed by atoms with van der Waals surface area (Å²) in [4.78, 5) is 13.2. The molecule has 0 aliphatic rings. The molecule has 5 nitrogen and oxygen atoms in total. The third-order valence-corrected chi connectivity index (χ3v) is 4.98. The van der Waals surface area contributed by atoms with Gasteiger partial charge in [-0.15, -0.1) is 0 Å². The number of ether oxygens (including phenoxy) is 1. The predicted molar refractivity (Wildman–Crippen MR) is 115 cm³/mol. The summed E-state index contributed by atoms with van der Waals surface area (Å²) in [6.07, 6.45) is 3.59. The van der Waals surface area contributed by atoms with Gasteiger partial charge in [0.25, 0.3) is 0 Å². The van der Waals surface area contributed by atoms with Crippen LogP contribution in [0.1, 0.15) is 20.8 Å². The number of fused-ring (bicyclic) bond motifs is 1. The molecule has 0 atom stereocenters. The molecule has 142 valence electrons. The first-order valence-electron chi connectivity index (χ1n) is 9.14. The Morgan fingerprint density at radius 3 is 2.32 bits per heavy atom. The molecule has 0 aliphatic carbocycles. The van der Waals surface area contributed by atoms with Gasteiger partial charge in [0.05, 0.1) is 16.8 Å². The molecule has 0 amide bonds. The summed E-state index contributed by atoms with van der Waals surface area (Å²) in [5.74, 6) is 0. The maximum absolute atomic E-state index is 5.63. The van der Waals surface area contributed by atoms with Gasteiger partial charge in [0.1, 0.15) is 0 Å². The van der Waals surface area contributed by atoms with Crippen LogP contribution >= 0.6 is 11.3 Å². The van der Waals surface area contributed by atoms with Gasteiger partial charge in [-0.25, -0.2) is 15.0 Å². The van der Waals surface area contributed by atoms with E-state index in [1.807, 2.05) is 42.5 Å². The number of nitrogens with zero attached hydrogens (tertiary/aromatic N) is 3. The Hall–Kier alpha value is -2.99. The Labute approximate surface area is 168 Å². The van der Waals surface area contributed by atoms with Crippen LogP contribution in [-0.2, 0) is 0 Å². The second kappa shape index (κ2) is 7.56. The molecule has 0 saturated carbocycles. The number of rotatable bonds is 5. The molecular formula is C22H22N4OS. The van der Waals surface area contributed by atoms with Crippen LogP contribution in [-0.4, -0.2) is 21.6 Å². The molecule has 1 N–H and O–H groups in total. The van der Waals surface area contributed by atoms with E-state index in [1.165, 1.54) is 4.70 Å². The lowest BCUT2D eigenvalue weighted by molar-refractivity contribution is 0.184. The normalized spacial score (nSPS) is 11.5. The lowest BCUT2D eigenvalue weighted by atomic mass is 9.99. The zero-order valence-corrected chi connectivity index (χ0v) is 17.0. The highest BCUT2D eigenvalue weighted by Gasteiger charge is 2.12. The first kappa shape index (κ1) is 18.4. The predicted octanol–water partition coefficient (Wildman–Crippen LogP) is 5.92. The van der Waals surface area contributed by atoms with Crippen molar-refractivity contribution in [2.75, 3.05) is 11.9 Å². The second-order valence-corrected chi connectivity index (χ2v) is 8.82. The fraction of sp³-hybridized carbons (Fsp3) is 0.227. The van der Waals surface area contributed by atoms with Gasteiger partial charge in [-0.1, -0.05) is 56.4 Å². The Morgan fingerprint density at radius 1 is 0.929 bits per heavy atom. The molecular weight excluding hydrogens is 368 g/mol. The van der Waals surface area contributed by atoms with Crippen molar-refractivity contribution >= 4 is 32.4 Å². The molecule has 0 fully saturated rings. The van der Waals surface area contributed by atoms with Crippen molar-refractivity contribution in [2.24, 2.45) is 5.41 Å².